The first-order valence-corrected chi connectivity index (χ1v) is 7.09. The summed E-state index contributed by atoms with van der Waals surface area (Å²) in [5.41, 5.74) is 5.70. The van der Waals surface area contributed by atoms with Crippen LogP contribution in [-0.2, 0) is 9.59 Å². The highest BCUT2D eigenvalue weighted by Gasteiger charge is 2.27. The summed E-state index contributed by atoms with van der Waals surface area (Å²) < 4.78 is 0. The molecule has 0 aromatic heterocycles. The van der Waals surface area contributed by atoms with E-state index >= 15 is 0 Å². The average Bonchev–Trinajstić information content (AvgIpc) is 2.73. The van der Waals surface area contributed by atoms with E-state index in [2.05, 4.69) is 19.2 Å². The van der Waals surface area contributed by atoms with Crippen molar-refractivity contribution in [3.8, 4) is 0 Å². The lowest BCUT2D eigenvalue weighted by Gasteiger charge is -2.25. The summed E-state index contributed by atoms with van der Waals surface area (Å²) in [7, 11) is 0. The van der Waals surface area contributed by atoms with Crippen LogP contribution in [0.1, 0.15) is 46.5 Å². The number of hydrogen-bond acceptors (Lipinski definition) is 3. The van der Waals surface area contributed by atoms with Gasteiger partial charge in [0, 0.05) is 32.5 Å². The molecule has 0 spiro atoms. The van der Waals surface area contributed by atoms with Crippen LogP contribution in [0.2, 0.25) is 0 Å². The zero-order chi connectivity index (χ0) is 14.5. The Labute approximate surface area is 115 Å². The van der Waals surface area contributed by atoms with E-state index < -0.39 is 0 Å². The maximum absolute atomic E-state index is 12.1. The number of likely N-dealkylation sites (tertiary alicyclic amines) is 1. The van der Waals surface area contributed by atoms with Gasteiger partial charge in [0.05, 0.1) is 0 Å². The average molecular weight is 269 g/mol. The van der Waals surface area contributed by atoms with Gasteiger partial charge >= 0.3 is 0 Å². The van der Waals surface area contributed by atoms with Crippen LogP contribution in [-0.4, -0.2) is 42.4 Å². The molecule has 1 atom stereocenters. The Morgan fingerprint density at radius 1 is 1.37 bits per heavy atom. The zero-order valence-corrected chi connectivity index (χ0v) is 12.4. The molecule has 5 nitrogen and oxygen atoms in total. The standard InChI is InChI=1S/C14H27N3O2/c1-11(18)16-12-5-9-17(10-12)13(19)4-6-14(2,3)7-8-15/h12H,4-10,15H2,1-3H3,(H,16,18). The van der Waals surface area contributed by atoms with Crippen molar-refractivity contribution in [2.24, 2.45) is 11.1 Å². The van der Waals surface area contributed by atoms with E-state index in [4.69, 9.17) is 5.73 Å². The second-order valence-corrected chi connectivity index (χ2v) is 6.23. The van der Waals surface area contributed by atoms with Crippen LogP contribution in [0.3, 0.4) is 0 Å². The van der Waals surface area contributed by atoms with Gasteiger partial charge in [0.2, 0.25) is 11.8 Å². The van der Waals surface area contributed by atoms with Gasteiger partial charge in [-0.2, -0.15) is 0 Å². The molecule has 0 aromatic rings. The van der Waals surface area contributed by atoms with E-state index in [0.717, 1.165) is 25.8 Å². The minimum atomic E-state index is -0.0246. The number of nitrogens with zero attached hydrogens (tertiary/aromatic N) is 1. The Balaban J connectivity index is 2.33. The van der Waals surface area contributed by atoms with Crippen molar-refractivity contribution < 1.29 is 9.59 Å². The predicted octanol–water partition coefficient (Wildman–Crippen LogP) is 0.879. The molecule has 1 saturated heterocycles. The first-order valence-electron chi connectivity index (χ1n) is 7.09. The van der Waals surface area contributed by atoms with Crippen LogP contribution in [0.25, 0.3) is 0 Å². The van der Waals surface area contributed by atoms with Crippen molar-refractivity contribution in [2.75, 3.05) is 19.6 Å². The van der Waals surface area contributed by atoms with Gasteiger partial charge in [-0.25, -0.2) is 0 Å². The highest BCUT2D eigenvalue weighted by atomic mass is 16.2. The highest BCUT2D eigenvalue weighted by Crippen LogP contribution is 2.26. The Kier molecular flexibility index (Phi) is 5.79. The lowest BCUT2D eigenvalue weighted by atomic mass is 9.84. The molecule has 1 heterocycles. The third kappa shape index (κ3) is 5.59. The van der Waals surface area contributed by atoms with E-state index in [1.807, 2.05) is 4.90 Å². The summed E-state index contributed by atoms with van der Waals surface area (Å²) in [6.07, 6.45) is 3.23. The van der Waals surface area contributed by atoms with Gasteiger partial charge in [0.25, 0.3) is 0 Å². The van der Waals surface area contributed by atoms with Crippen molar-refractivity contribution in [3.05, 3.63) is 0 Å². The fourth-order valence-corrected chi connectivity index (χ4v) is 2.51. The van der Waals surface area contributed by atoms with Crippen molar-refractivity contribution >= 4 is 11.8 Å². The molecule has 0 aliphatic carbocycles. The van der Waals surface area contributed by atoms with Gasteiger partial charge in [-0.05, 0) is 31.2 Å². The van der Waals surface area contributed by atoms with Gasteiger partial charge in [-0.15, -0.1) is 0 Å². The molecule has 19 heavy (non-hydrogen) atoms. The van der Waals surface area contributed by atoms with Crippen LogP contribution < -0.4 is 11.1 Å². The predicted molar refractivity (Wildman–Crippen MR) is 75.5 cm³/mol. The van der Waals surface area contributed by atoms with E-state index in [1.165, 1.54) is 6.92 Å². The smallest absolute Gasteiger partial charge is 0.222 e. The Hall–Kier alpha value is -1.10. The fourth-order valence-electron chi connectivity index (χ4n) is 2.51. The number of amides is 2. The molecular weight excluding hydrogens is 242 g/mol. The number of nitrogens with two attached hydrogens (primary N) is 1. The number of rotatable bonds is 6. The first kappa shape index (κ1) is 16.0. The molecule has 2 amide bonds. The maximum atomic E-state index is 12.1. The van der Waals surface area contributed by atoms with Gasteiger partial charge in [0.15, 0.2) is 0 Å². The molecule has 1 fully saturated rings. The Bertz CT molecular complexity index is 329. The topological polar surface area (TPSA) is 75.4 Å². The molecule has 0 radical (unpaired) electrons. The summed E-state index contributed by atoms with van der Waals surface area (Å²) in [4.78, 5) is 24.9. The third-order valence-electron chi connectivity index (χ3n) is 3.79. The van der Waals surface area contributed by atoms with E-state index in [9.17, 15) is 9.59 Å². The van der Waals surface area contributed by atoms with E-state index in [-0.39, 0.29) is 23.3 Å². The molecular formula is C14H27N3O2. The second-order valence-electron chi connectivity index (χ2n) is 6.23. The SMILES string of the molecule is CC(=O)NC1CCN(C(=O)CCC(C)(C)CCN)C1. The molecule has 1 rings (SSSR count). The van der Waals surface area contributed by atoms with E-state index in [0.29, 0.717) is 19.5 Å². The van der Waals surface area contributed by atoms with Crippen molar-refractivity contribution in [1.82, 2.24) is 10.2 Å². The summed E-state index contributed by atoms with van der Waals surface area (Å²) >= 11 is 0. The molecule has 5 heteroatoms. The lowest BCUT2D eigenvalue weighted by molar-refractivity contribution is -0.131. The molecule has 1 unspecified atom stereocenters. The number of hydrogen-bond donors (Lipinski definition) is 2. The molecule has 0 saturated carbocycles. The highest BCUT2D eigenvalue weighted by molar-refractivity contribution is 5.77. The minimum absolute atomic E-state index is 0.0246. The summed E-state index contributed by atoms with van der Waals surface area (Å²) in [5, 5.41) is 2.87. The van der Waals surface area contributed by atoms with Crippen molar-refractivity contribution in [2.45, 2.75) is 52.5 Å². The van der Waals surface area contributed by atoms with Crippen LogP contribution in [0.4, 0.5) is 0 Å². The molecule has 3 N–H and O–H groups in total. The third-order valence-corrected chi connectivity index (χ3v) is 3.79. The van der Waals surface area contributed by atoms with Crippen LogP contribution in [0.5, 0.6) is 0 Å². The summed E-state index contributed by atoms with van der Waals surface area (Å²) in [5.74, 6) is 0.168. The minimum Gasteiger partial charge on any atom is -0.352 e. The van der Waals surface area contributed by atoms with E-state index in [1.54, 1.807) is 0 Å². The first-order chi connectivity index (χ1) is 8.84. The Morgan fingerprint density at radius 3 is 2.63 bits per heavy atom. The summed E-state index contributed by atoms with van der Waals surface area (Å²) in [6.45, 7) is 7.88. The second kappa shape index (κ2) is 6.89. The normalized spacial score (nSPS) is 19.6. The van der Waals surface area contributed by atoms with Gasteiger partial charge in [0.1, 0.15) is 0 Å². The maximum Gasteiger partial charge on any atom is 0.222 e. The Morgan fingerprint density at radius 2 is 2.05 bits per heavy atom. The lowest BCUT2D eigenvalue weighted by Crippen LogP contribution is -2.37. The molecule has 1 aliphatic heterocycles. The molecule has 110 valence electrons. The van der Waals surface area contributed by atoms with Gasteiger partial charge < -0.3 is 16.0 Å². The number of carbonyl (C=O) groups excluding carboxylic acids is 2. The molecule has 1 aliphatic rings. The summed E-state index contributed by atoms with van der Waals surface area (Å²) in [6, 6.07) is 0.124. The quantitative estimate of drug-likeness (QED) is 0.751. The van der Waals surface area contributed by atoms with Crippen LogP contribution >= 0.6 is 0 Å². The van der Waals surface area contributed by atoms with Crippen LogP contribution in [0.15, 0.2) is 0 Å². The van der Waals surface area contributed by atoms with Crippen molar-refractivity contribution in [3.63, 3.8) is 0 Å². The molecule has 0 aromatic carbocycles. The van der Waals surface area contributed by atoms with Gasteiger partial charge in [-0.1, -0.05) is 13.8 Å². The molecule has 0 bridgehead atoms. The van der Waals surface area contributed by atoms with Gasteiger partial charge in [-0.3, -0.25) is 9.59 Å². The monoisotopic (exact) mass is 269 g/mol. The van der Waals surface area contributed by atoms with Crippen molar-refractivity contribution in [1.29, 1.82) is 0 Å². The largest absolute Gasteiger partial charge is 0.352 e. The fraction of sp³-hybridized carbons (Fsp3) is 0.857. The van der Waals surface area contributed by atoms with Crippen LogP contribution in [0, 0.1) is 5.41 Å². The zero-order valence-electron chi connectivity index (χ0n) is 12.4. The number of carbonyl (C=O) groups is 2. The number of nitrogens with one attached hydrogen (secondary N) is 1.